The third-order valence-corrected chi connectivity index (χ3v) is 2.84. The molecule has 3 aromatic carbocycles. The molecule has 0 spiro atoms. The third-order valence-electron chi connectivity index (χ3n) is 2.84. The van der Waals surface area contributed by atoms with Gasteiger partial charge in [-0.05, 0) is 5.56 Å². The predicted molar refractivity (Wildman–Crippen MR) is 78.0 cm³/mol. The number of hydrogen-bond acceptors (Lipinski definition) is 1. The molecule has 0 saturated carbocycles. The fraction of sp³-hybridized carbons (Fsp3) is 0.0556. The van der Waals surface area contributed by atoms with E-state index < -0.39 is 0 Å². The van der Waals surface area contributed by atoms with Gasteiger partial charge in [0.1, 0.15) is 0 Å². The van der Waals surface area contributed by atoms with Crippen LogP contribution in [0, 0.1) is 11.3 Å². The fourth-order valence-corrected chi connectivity index (χ4v) is 1.89. The second-order valence-electron chi connectivity index (χ2n) is 4.15. The molecule has 0 aliphatic heterocycles. The monoisotopic (exact) mass is 301 g/mol. The molecule has 0 amide bonds. The first kappa shape index (κ1) is 16.0. The molecule has 3 aromatic rings. The van der Waals surface area contributed by atoms with Crippen LogP contribution < -0.4 is 0 Å². The first-order chi connectivity index (χ1) is 9.42. The standard InChI is InChI=1S/C13H10N.C5H5.Fe/c14-10-13(12-8-4-5-9-12)11-6-2-1-3-7-11;1-2-4-5-3-1;/h1-9,13H;1-5H;/q2*-1;+2. The summed E-state index contributed by atoms with van der Waals surface area (Å²) >= 11 is 0. The number of nitrogens with zero attached hydrogens (tertiary/aromatic N) is 1. The average Bonchev–Trinajstić information content (AvgIpc) is 3.17. The molecule has 100 valence electrons. The van der Waals surface area contributed by atoms with E-state index in [1.807, 2.05) is 84.9 Å². The summed E-state index contributed by atoms with van der Waals surface area (Å²) in [7, 11) is 0. The smallest absolute Gasteiger partial charge is 0.214 e. The van der Waals surface area contributed by atoms with E-state index in [4.69, 9.17) is 5.26 Å². The van der Waals surface area contributed by atoms with E-state index in [9.17, 15) is 0 Å². The van der Waals surface area contributed by atoms with Crippen LogP contribution in [-0.4, -0.2) is 0 Å². The van der Waals surface area contributed by atoms with Crippen molar-refractivity contribution in [2.75, 3.05) is 0 Å². The maximum atomic E-state index is 9.10. The zero-order valence-corrected chi connectivity index (χ0v) is 12.1. The first-order valence-electron chi connectivity index (χ1n) is 6.24. The Morgan fingerprint density at radius 2 is 1.50 bits per heavy atom. The van der Waals surface area contributed by atoms with Crippen LogP contribution in [0.3, 0.4) is 0 Å². The van der Waals surface area contributed by atoms with Gasteiger partial charge in [-0.25, -0.2) is 24.3 Å². The van der Waals surface area contributed by atoms with E-state index in [1.165, 1.54) is 0 Å². The van der Waals surface area contributed by atoms with Crippen molar-refractivity contribution in [3.05, 3.63) is 96.1 Å². The zero-order valence-electron chi connectivity index (χ0n) is 11.0. The zero-order chi connectivity index (χ0) is 13.3. The van der Waals surface area contributed by atoms with Crippen molar-refractivity contribution >= 4 is 0 Å². The van der Waals surface area contributed by atoms with Gasteiger partial charge in [0.25, 0.3) is 0 Å². The third kappa shape index (κ3) is 4.55. The first-order valence-corrected chi connectivity index (χ1v) is 6.24. The van der Waals surface area contributed by atoms with Crippen LogP contribution in [-0.2, 0) is 17.1 Å². The van der Waals surface area contributed by atoms with Gasteiger partial charge >= 0.3 is 17.1 Å². The van der Waals surface area contributed by atoms with E-state index in [0.717, 1.165) is 11.1 Å². The minimum absolute atomic E-state index is 0. The fourth-order valence-electron chi connectivity index (χ4n) is 1.89. The van der Waals surface area contributed by atoms with Crippen LogP contribution in [0.5, 0.6) is 0 Å². The number of rotatable bonds is 2. The molecule has 0 N–H and O–H groups in total. The summed E-state index contributed by atoms with van der Waals surface area (Å²) in [4.78, 5) is 0. The van der Waals surface area contributed by atoms with Crippen LogP contribution in [0.2, 0.25) is 0 Å². The molecule has 0 aliphatic rings. The van der Waals surface area contributed by atoms with Gasteiger partial charge in [-0.2, -0.15) is 35.6 Å². The van der Waals surface area contributed by atoms with E-state index in [2.05, 4.69) is 6.07 Å². The van der Waals surface area contributed by atoms with Crippen molar-refractivity contribution in [3.63, 3.8) is 0 Å². The van der Waals surface area contributed by atoms with Gasteiger partial charge in [-0.3, -0.25) is 0 Å². The molecule has 20 heavy (non-hydrogen) atoms. The van der Waals surface area contributed by atoms with Gasteiger partial charge < -0.3 is 0 Å². The molecule has 2 heteroatoms. The number of nitriles is 1. The van der Waals surface area contributed by atoms with E-state index in [0.29, 0.717) is 0 Å². The van der Waals surface area contributed by atoms with Gasteiger partial charge in [0, 0.05) is 0 Å². The van der Waals surface area contributed by atoms with Gasteiger partial charge in [0.15, 0.2) is 0 Å². The number of benzene rings is 1. The van der Waals surface area contributed by atoms with Crippen molar-refractivity contribution in [3.8, 4) is 6.07 Å². The molecule has 0 aliphatic carbocycles. The van der Waals surface area contributed by atoms with Gasteiger partial charge in [0.05, 0.1) is 12.0 Å². The molecule has 0 aromatic heterocycles. The van der Waals surface area contributed by atoms with Gasteiger partial charge in [0.2, 0.25) is 0 Å². The molecule has 0 radical (unpaired) electrons. The Kier molecular flexibility index (Phi) is 7.14. The molecule has 0 bridgehead atoms. The molecular weight excluding hydrogens is 286 g/mol. The summed E-state index contributed by atoms with van der Waals surface area (Å²) in [5.41, 5.74) is 2.12. The van der Waals surface area contributed by atoms with Crippen molar-refractivity contribution in [1.82, 2.24) is 0 Å². The van der Waals surface area contributed by atoms with E-state index >= 15 is 0 Å². The van der Waals surface area contributed by atoms with Crippen LogP contribution in [0.1, 0.15) is 17.0 Å². The maximum absolute atomic E-state index is 9.10. The SMILES string of the molecule is N#CC(c1ccccc1)[c-]1cccc1.[Fe+2].c1cc[cH-]c1. The summed E-state index contributed by atoms with van der Waals surface area (Å²) in [5, 5.41) is 9.10. The van der Waals surface area contributed by atoms with Crippen molar-refractivity contribution in [2.24, 2.45) is 0 Å². The normalized spacial score (nSPS) is 10.3. The summed E-state index contributed by atoms with van der Waals surface area (Å²) in [6.07, 6.45) is 0. The molecule has 0 heterocycles. The summed E-state index contributed by atoms with van der Waals surface area (Å²) in [6.45, 7) is 0. The Morgan fingerprint density at radius 3 is 1.95 bits per heavy atom. The van der Waals surface area contributed by atoms with Crippen molar-refractivity contribution in [1.29, 1.82) is 5.26 Å². The minimum atomic E-state index is -0.133. The maximum Gasteiger partial charge on any atom is 2.00 e. The van der Waals surface area contributed by atoms with E-state index in [-0.39, 0.29) is 23.0 Å². The Bertz CT molecular complexity index is 571. The Labute approximate surface area is 130 Å². The second kappa shape index (κ2) is 8.93. The summed E-state index contributed by atoms with van der Waals surface area (Å²) < 4.78 is 0. The van der Waals surface area contributed by atoms with Crippen LogP contribution >= 0.6 is 0 Å². The summed E-state index contributed by atoms with van der Waals surface area (Å²) in [6, 6.07) is 30.1. The van der Waals surface area contributed by atoms with Gasteiger partial charge in [-0.15, -0.1) is 5.56 Å². The molecule has 1 atom stereocenters. The average molecular weight is 301 g/mol. The minimum Gasteiger partial charge on any atom is -0.214 e. The Hall–Kier alpha value is -2.07. The molecule has 0 fully saturated rings. The number of hydrogen-bond donors (Lipinski definition) is 0. The predicted octanol–water partition coefficient (Wildman–Crippen LogP) is 4.46. The largest absolute Gasteiger partial charge is 2.00 e. The van der Waals surface area contributed by atoms with Crippen LogP contribution in [0.4, 0.5) is 0 Å². The molecule has 1 unspecified atom stereocenters. The summed E-state index contributed by atoms with van der Waals surface area (Å²) in [5.74, 6) is -0.133. The van der Waals surface area contributed by atoms with Crippen LogP contribution in [0.25, 0.3) is 0 Å². The molecule has 3 rings (SSSR count). The quantitative estimate of drug-likeness (QED) is 0.506. The van der Waals surface area contributed by atoms with Crippen molar-refractivity contribution < 1.29 is 17.1 Å². The van der Waals surface area contributed by atoms with Gasteiger partial charge in [-0.1, -0.05) is 30.3 Å². The molecular formula is C18H15FeN. The Morgan fingerprint density at radius 1 is 0.900 bits per heavy atom. The molecule has 0 saturated heterocycles. The van der Waals surface area contributed by atoms with Crippen molar-refractivity contribution in [2.45, 2.75) is 5.92 Å². The Balaban J connectivity index is 0.000000283. The second-order valence-corrected chi connectivity index (χ2v) is 4.15. The topological polar surface area (TPSA) is 23.8 Å². The molecule has 1 nitrogen and oxygen atoms in total. The van der Waals surface area contributed by atoms with E-state index in [1.54, 1.807) is 0 Å². The van der Waals surface area contributed by atoms with Crippen LogP contribution in [0.15, 0.2) is 84.9 Å².